The minimum Gasteiger partial charge on any atom is -0.354 e. The van der Waals surface area contributed by atoms with Crippen molar-refractivity contribution in [3.05, 3.63) is 18.1 Å². The van der Waals surface area contributed by atoms with Gasteiger partial charge in [-0.15, -0.1) is 0 Å². The number of hydrogen-bond acceptors (Lipinski definition) is 5. The maximum Gasteiger partial charge on any atom is 0.272 e. The number of nitrogens with zero attached hydrogens (tertiary/aromatic N) is 5. The van der Waals surface area contributed by atoms with Gasteiger partial charge in [-0.25, -0.2) is 9.97 Å². The van der Waals surface area contributed by atoms with Gasteiger partial charge in [0.15, 0.2) is 0 Å². The number of carbonyl (C=O) groups is 1. The Kier molecular flexibility index (Phi) is 4.34. The highest BCUT2D eigenvalue weighted by atomic mass is 16.2. The highest BCUT2D eigenvalue weighted by molar-refractivity contribution is 5.93. The Morgan fingerprint density at radius 3 is 2.48 bits per heavy atom. The molecule has 6 nitrogen and oxygen atoms in total. The van der Waals surface area contributed by atoms with Crippen molar-refractivity contribution in [3.8, 4) is 0 Å². The third-order valence-corrected chi connectivity index (χ3v) is 4.41. The van der Waals surface area contributed by atoms with Crippen molar-refractivity contribution in [2.45, 2.75) is 19.8 Å². The predicted octanol–water partition coefficient (Wildman–Crippen LogP) is 0.854. The van der Waals surface area contributed by atoms with Gasteiger partial charge in [-0.2, -0.15) is 0 Å². The van der Waals surface area contributed by atoms with Crippen LogP contribution in [-0.4, -0.2) is 71.5 Å². The third kappa shape index (κ3) is 3.15. The van der Waals surface area contributed by atoms with Crippen LogP contribution in [0.4, 0.5) is 5.82 Å². The van der Waals surface area contributed by atoms with Crippen LogP contribution in [0.2, 0.25) is 0 Å². The number of piperazine rings is 1. The van der Waals surface area contributed by atoms with Crippen molar-refractivity contribution < 1.29 is 4.79 Å². The molecule has 2 fully saturated rings. The first-order chi connectivity index (χ1) is 10.3. The number of hydrogen-bond donors (Lipinski definition) is 0. The molecule has 1 aromatic heterocycles. The molecule has 0 aromatic carbocycles. The summed E-state index contributed by atoms with van der Waals surface area (Å²) in [7, 11) is 0. The van der Waals surface area contributed by atoms with Crippen molar-refractivity contribution in [3.63, 3.8) is 0 Å². The molecule has 1 aromatic rings. The smallest absolute Gasteiger partial charge is 0.272 e. The lowest BCUT2D eigenvalue weighted by Gasteiger charge is -2.34. The average Bonchev–Trinajstić information content (AvgIpc) is 3.09. The summed E-state index contributed by atoms with van der Waals surface area (Å²) in [6, 6.07) is 1.85. The fraction of sp³-hybridized carbons (Fsp3) is 0.667. The van der Waals surface area contributed by atoms with Crippen molar-refractivity contribution >= 4 is 11.7 Å². The van der Waals surface area contributed by atoms with E-state index in [0.717, 1.165) is 64.5 Å². The quantitative estimate of drug-likeness (QED) is 0.826. The van der Waals surface area contributed by atoms with Gasteiger partial charge in [0.2, 0.25) is 0 Å². The van der Waals surface area contributed by atoms with Gasteiger partial charge in [-0.05, 0) is 19.4 Å². The minimum atomic E-state index is 0.0448. The normalized spacial score (nSPS) is 20.0. The van der Waals surface area contributed by atoms with Gasteiger partial charge in [0, 0.05) is 45.3 Å². The van der Waals surface area contributed by atoms with Gasteiger partial charge >= 0.3 is 0 Å². The summed E-state index contributed by atoms with van der Waals surface area (Å²) in [5.41, 5.74) is 0.528. The third-order valence-electron chi connectivity index (χ3n) is 4.41. The van der Waals surface area contributed by atoms with Crippen molar-refractivity contribution in [2.24, 2.45) is 0 Å². The summed E-state index contributed by atoms with van der Waals surface area (Å²) < 4.78 is 0. The SMILES string of the molecule is CCN1CCN(c2cc(C(=O)N3CCCC3)ncn2)CC1. The minimum absolute atomic E-state index is 0.0448. The second kappa shape index (κ2) is 6.39. The van der Waals surface area contributed by atoms with Gasteiger partial charge in [0.1, 0.15) is 17.8 Å². The molecule has 2 aliphatic rings. The van der Waals surface area contributed by atoms with E-state index in [1.807, 2.05) is 11.0 Å². The molecule has 6 heteroatoms. The van der Waals surface area contributed by atoms with Crippen LogP contribution in [0.5, 0.6) is 0 Å². The molecule has 2 aliphatic heterocycles. The van der Waals surface area contributed by atoms with Crippen molar-refractivity contribution in [1.82, 2.24) is 19.8 Å². The fourth-order valence-electron chi connectivity index (χ4n) is 3.01. The number of anilines is 1. The van der Waals surface area contributed by atoms with Crippen LogP contribution >= 0.6 is 0 Å². The molecule has 0 unspecified atom stereocenters. The second-order valence-electron chi connectivity index (χ2n) is 5.68. The molecule has 21 heavy (non-hydrogen) atoms. The topological polar surface area (TPSA) is 52.6 Å². The summed E-state index contributed by atoms with van der Waals surface area (Å²) in [5, 5.41) is 0. The number of carbonyl (C=O) groups excluding carboxylic acids is 1. The Hall–Kier alpha value is -1.69. The lowest BCUT2D eigenvalue weighted by atomic mass is 10.3. The number of aromatic nitrogens is 2. The van der Waals surface area contributed by atoms with Gasteiger partial charge in [-0.1, -0.05) is 6.92 Å². The van der Waals surface area contributed by atoms with E-state index in [-0.39, 0.29) is 5.91 Å². The molecule has 0 bridgehead atoms. The van der Waals surface area contributed by atoms with Crippen LogP contribution < -0.4 is 4.90 Å². The highest BCUT2D eigenvalue weighted by Gasteiger charge is 2.22. The van der Waals surface area contributed by atoms with Crippen LogP contribution in [0.1, 0.15) is 30.3 Å². The molecule has 0 atom stereocenters. The molecule has 114 valence electrons. The monoisotopic (exact) mass is 289 g/mol. The number of rotatable bonds is 3. The summed E-state index contributed by atoms with van der Waals surface area (Å²) >= 11 is 0. The Labute approximate surface area is 125 Å². The Bertz CT molecular complexity index is 493. The Morgan fingerprint density at radius 1 is 1.10 bits per heavy atom. The summed E-state index contributed by atoms with van der Waals surface area (Å²) in [6.45, 7) is 9.01. The number of likely N-dealkylation sites (N-methyl/N-ethyl adjacent to an activating group) is 1. The lowest BCUT2D eigenvalue weighted by Crippen LogP contribution is -2.46. The van der Waals surface area contributed by atoms with Gasteiger partial charge in [-0.3, -0.25) is 4.79 Å². The zero-order valence-corrected chi connectivity index (χ0v) is 12.7. The average molecular weight is 289 g/mol. The standard InChI is InChI=1S/C15H23N5O/c1-2-18-7-9-19(10-8-18)14-11-13(16-12-17-14)15(21)20-5-3-4-6-20/h11-12H,2-10H2,1H3. The molecule has 3 rings (SSSR count). The molecule has 0 radical (unpaired) electrons. The lowest BCUT2D eigenvalue weighted by molar-refractivity contribution is 0.0787. The van der Waals surface area contributed by atoms with Crippen LogP contribution in [0.3, 0.4) is 0 Å². The predicted molar refractivity (Wildman–Crippen MR) is 81.5 cm³/mol. The molecule has 0 N–H and O–H groups in total. The molecule has 3 heterocycles. The highest BCUT2D eigenvalue weighted by Crippen LogP contribution is 2.16. The molecule has 0 spiro atoms. The van der Waals surface area contributed by atoms with E-state index in [4.69, 9.17) is 0 Å². The summed E-state index contributed by atoms with van der Waals surface area (Å²) in [5.74, 6) is 0.923. The second-order valence-corrected chi connectivity index (χ2v) is 5.68. The molecule has 1 amide bonds. The van der Waals surface area contributed by atoms with Crippen LogP contribution in [-0.2, 0) is 0 Å². The van der Waals surface area contributed by atoms with E-state index < -0.39 is 0 Å². The number of amides is 1. The first kappa shape index (κ1) is 14.3. The van der Waals surface area contributed by atoms with Crippen LogP contribution in [0, 0.1) is 0 Å². The first-order valence-electron chi connectivity index (χ1n) is 7.86. The van der Waals surface area contributed by atoms with Crippen molar-refractivity contribution in [1.29, 1.82) is 0 Å². The summed E-state index contributed by atoms with van der Waals surface area (Å²) in [4.78, 5) is 27.5. The Balaban J connectivity index is 1.70. The maximum atomic E-state index is 12.4. The largest absolute Gasteiger partial charge is 0.354 e. The molecule has 2 saturated heterocycles. The Morgan fingerprint density at radius 2 is 1.81 bits per heavy atom. The van der Waals surface area contributed by atoms with Gasteiger partial charge < -0.3 is 14.7 Å². The number of likely N-dealkylation sites (tertiary alicyclic amines) is 1. The molecule has 0 aliphatic carbocycles. The van der Waals surface area contributed by atoms with E-state index >= 15 is 0 Å². The van der Waals surface area contributed by atoms with E-state index in [0.29, 0.717) is 5.69 Å². The zero-order chi connectivity index (χ0) is 14.7. The maximum absolute atomic E-state index is 12.4. The molecule has 0 saturated carbocycles. The van der Waals surface area contributed by atoms with Crippen LogP contribution in [0.25, 0.3) is 0 Å². The van der Waals surface area contributed by atoms with E-state index in [9.17, 15) is 4.79 Å². The fourth-order valence-corrected chi connectivity index (χ4v) is 3.01. The van der Waals surface area contributed by atoms with Crippen LogP contribution in [0.15, 0.2) is 12.4 Å². The first-order valence-corrected chi connectivity index (χ1v) is 7.86. The van der Waals surface area contributed by atoms with E-state index in [1.165, 1.54) is 6.33 Å². The van der Waals surface area contributed by atoms with Gasteiger partial charge in [0.05, 0.1) is 0 Å². The molecular weight excluding hydrogens is 266 g/mol. The van der Waals surface area contributed by atoms with E-state index in [1.54, 1.807) is 0 Å². The van der Waals surface area contributed by atoms with Gasteiger partial charge in [0.25, 0.3) is 5.91 Å². The summed E-state index contributed by atoms with van der Waals surface area (Å²) in [6.07, 6.45) is 3.72. The molecular formula is C15H23N5O. The van der Waals surface area contributed by atoms with Crippen molar-refractivity contribution in [2.75, 3.05) is 50.7 Å². The zero-order valence-electron chi connectivity index (χ0n) is 12.7. The van der Waals surface area contributed by atoms with E-state index in [2.05, 4.69) is 26.7 Å².